The van der Waals surface area contributed by atoms with Crippen LogP contribution in [0.15, 0.2) is 24.5 Å². The molecule has 0 spiro atoms. The molecule has 5 heteroatoms. The lowest BCUT2D eigenvalue weighted by atomic mass is 10.0. The first-order chi connectivity index (χ1) is 7.66. The molecule has 0 aliphatic heterocycles. The zero-order valence-corrected chi connectivity index (χ0v) is 8.94. The Morgan fingerprint density at radius 1 is 1.50 bits per heavy atom. The van der Waals surface area contributed by atoms with Gasteiger partial charge in [0.15, 0.2) is 0 Å². The lowest BCUT2D eigenvalue weighted by Gasteiger charge is -2.10. The van der Waals surface area contributed by atoms with Crippen molar-refractivity contribution in [3.05, 3.63) is 47.3 Å². The van der Waals surface area contributed by atoms with Crippen LogP contribution in [0.3, 0.4) is 0 Å². The first kappa shape index (κ1) is 10.8. The van der Waals surface area contributed by atoms with Crippen molar-refractivity contribution in [2.45, 2.75) is 19.4 Å². The molecule has 0 radical (unpaired) electrons. The maximum Gasteiger partial charge on any atom is 0.141 e. The summed E-state index contributed by atoms with van der Waals surface area (Å²) in [7, 11) is 0. The normalized spacial score (nSPS) is 12.7. The van der Waals surface area contributed by atoms with Crippen LogP contribution in [0.2, 0.25) is 0 Å². The molecule has 2 aromatic rings. The molecule has 0 amide bonds. The second-order valence-electron chi connectivity index (χ2n) is 3.75. The van der Waals surface area contributed by atoms with Gasteiger partial charge in [-0.15, -0.1) is 0 Å². The number of aromatic amines is 1. The number of H-pyrrole nitrogens is 1. The Labute approximate surface area is 92.7 Å². The summed E-state index contributed by atoms with van der Waals surface area (Å²) in [6, 6.07) is 4.41. The van der Waals surface area contributed by atoms with E-state index in [4.69, 9.17) is 5.73 Å². The first-order valence-electron chi connectivity index (χ1n) is 5.02. The van der Waals surface area contributed by atoms with Crippen molar-refractivity contribution in [1.82, 2.24) is 15.2 Å². The maximum atomic E-state index is 13.1. The minimum Gasteiger partial charge on any atom is -0.321 e. The van der Waals surface area contributed by atoms with Gasteiger partial charge in [0, 0.05) is 0 Å². The van der Waals surface area contributed by atoms with Crippen LogP contribution in [0.25, 0.3) is 0 Å². The average molecular weight is 220 g/mol. The third-order valence-electron chi connectivity index (χ3n) is 2.54. The summed E-state index contributed by atoms with van der Waals surface area (Å²) in [5.74, 6) is 0.369. The topological polar surface area (TPSA) is 67.6 Å². The van der Waals surface area contributed by atoms with Crippen LogP contribution in [0.1, 0.15) is 23.0 Å². The van der Waals surface area contributed by atoms with Gasteiger partial charge in [-0.3, -0.25) is 5.10 Å². The number of halogens is 1. The molecule has 0 aliphatic carbocycles. The fourth-order valence-electron chi connectivity index (χ4n) is 1.59. The largest absolute Gasteiger partial charge is 0.321 e. The number of nitrogens with one attached hydrogen (secondary N) is 1. The van der Waals surface area contributed by atoms with Gasteiger partial charge in [0.05, 0.1) is 6.04 Å². The number of aryl methyl sites for hydroxylation is 1. The van der Waals surface area contributed by atoms with Gasteiger partial charge < -0.3 is 5.73 Å². The Morgan fingerprint density at radius 3 is 3.00 bits per heavy atom. The SMILES string of the molecule is Cc1ccc(F)cc1CC(N)c1ncn[nH]1. The van der Waals surface area contributed by atoms with Gasteiger partial charge in [-0.1, -0.05) is 6.07 Å². The first-order valence-corrected chi connectivity index (χ1v) is 5.02. The molecule has 1 atom stereocenters. The number of hydrogen-bond acceptors (Lipinski definition) is 3. The molecule has 16 heavy (non-hydrogen) atoms. The predicted molar refractivity (Wildman–Crippen MR) is 58.2 cm³/mol. The molecule has 1 aromatic carbocycles. The van der Waals surface area contributed by atoms with Crippen LogP contribution in [0.4, 0.5) is 4.39 Å². The number of rotatable bonds is 3. The van der Waals surface area contributed by atoms with E-state index in [1.807, 2.05) is 6.92 Å². The molecule has 3 N–H and O–H groups in total. The standard InChI is InChI=1S/C11H13FN4/c1-7-2-3-9(12)4-8(7)5-10(13)11-14-6-15-16-11/h2-4,6,10H,5,13H2,1H3,(H,14,15,16). The highest BCUT2D eigenvalue weighted by molar-refractivity contribution is 5.27. The van der Waals surface area contributed by atoms with E-state index >= 15 is 0 Å². The maximum absolute atomic E-state index is 13.1. The molecule has 0 saturated heterocycles. The summed E-state index contributed by atoms with van der Waals surface area (Å²) in [5.41, 5.74) is 7.85. The molecule has 0 bridgehead atoms. The highest BCUT2D eigenvalue weighted by Gasteiger charge is 2.11. The smallest absolute Gasteiger partial charge is 0.141 e. The van der Waals surface area contributed by atoms with Crippen LogP contribution in [0.5, 0.6) is 0 Å². The van der Waals surface area contributed by atoms with Crippen LogP contribution in [0, 0.1) is 12.7 Å². The minimum absolute atomic E-state index is 0.245. The Bertz CT molecular complexity index is 467. The van der Waals surface area contributed by atoms with Crippen molar-refractivity contribution in [1.29, 1.82) is 0 Å². The Balaban J connectivity index is 2.17. The van der Waals surface area contributed by atoms with Crippen LogP contribution in [-0.2, 0) is 6.42 Å². The van der Waals surface area contributed by atoms with Crippen LogP contribution in [-0.4, -0.2) is 15.2 Å². The zero-order valence-electron chi connectivity index (χ0n) is 8.94. The quantitative estimate of drug-likeness (QED) is 0.823. The molecule has 0 aliphatic rings. The van der Waals surface area contributed by atoms with E-state index in [-0.39, 0.29) is 11.9 Å². The lowest BCUT2D eigenvalue weighted by Crippen LogP contribution is -2.15. The fourth-order valence-corrected chi connectivity index (χ4v) is 1.59. The van der Waals surface area contributed by atoms with E-state index < -0.39 is 0 Å². The van der Waals surface area contributed by atoms with Gasteiger partial charge in [0.25, 0.3) is 0 Å². The summed E-state index contributed by atoms with van der Waals surface area (Å²) in [5, 5.41) is 6.45. The van der Waals surface area contributed by atoms with Crippen molar-refractivity contribution in [3.63, 3.8) is 0 Å². The van der Waals surface area contributed by atoms with E-state index in [9.17, 15) is 4.39 Å². The van der Waals surface area contributed by atoms with E-state index in [1.54, 1.807) is 6.07 Å². The van der Waals surface area contributed by atoms with Gasteiger partial charge in [-0.25, -0.2) is 9.37 Å². The highest BCUT2D eigenvalue weighted by Crippen LogP contribution is 2.16. The predicted octanol–water partition coefficient (Wildman–Crippen LogP) is 1.49. The summed E-state index contributed by atoms with van der Waals surface area (Å²) in [4.78, 5) is 3.98. The molecule has 1 unspecified atom stereocenters. The fraction of sp³-hybridized carbons (Fsp3) is 0.273. The summed E-state index contributed by atoms with van der Waals surface area (Å²) >= 11 is 0. The summed E-state index contributed by atoms with van der Waals surface area (Å²) in [6.07, 6.45) is 1.95. The Hall–Kier alpha value is -1.75. The number of nitrogens with two attached hydrogens (primary N) is 1. The van der Waals surface area contributed by atoms with E-state index in [0.29, 0.717) is 12.2 Å². The van der Waals surface area contributed by atoms with Gasteiger partial charge in [-0.2, -0.15) is 5.10 Å². The van der Waals surface area contributed by atoms with Crippen molar-refractivity contribution in [2.75, 3.05) is 0 Å². The third kappa shape index (κ3) is 2.25. The zero-order chi connectivity index (χ0) is 11.5. The van der Waals surface area contributed by atoms with Gasteiger partial charge >= 0.3 is 0 Å². The molecule has 4 nitrogen and oxygen atoms in total. The number of aromatic nitrogens is 3. The molecule has 1 heterocycles. The van der Waals surface area contributed by atoms with E-state index in [2.05, 4.69) is 15.2 Å². The van der Waals surface area contributed by atoms with Crippen molar-refractivity contribution < 1.29 is 4.39 Å². The van der Waals surface area contributed by atoms with Crippen molar-refractivity contribution in [3.8, 4) is 0 Å². The number of benzene rings is 1. The molecule has 0 saturated carbocycles. The second-order valence-corrected chi connectivity index (χ2v) is 3.75. The minimum atomic E-state index is -0.289. The van der Waals surface area contributed by atoms with Crippen LogP contribution < -0.4 is 5.73 Å². The Morgan fingerprint density at radius 2 is 2.31 bits per heavy atom. The van der Waals surface area contributed by atoms with Crippen molar-refractivity contribution >= 4 is 0 Å². The molecule has 0 fully saturated rings. The van der Waals surface area contributed by atoms with Gasteiger partial charge in [-0.05, 0) is 36.6 Å². The highest BCUT2D eigenvalue weighted by atomic mass is 19.1. The number of nitrogens with zero attached hydrogens (tertiary/aromatic N) is 2. The van der Waals surface area contributed by atoms with Crippen LogP contribution >= 0.6 is 0 Å². The van der Waals surface area contributed by atoms with E-state index in [1.165, 1.54) is 18.5 Å². The summed E-state index contributed by atoms with van der Waals surface area (Å²) < 4.78 is 13.1. The van der Waals surface area contributed by atoms with Crippen molar-refractivity contribution in [2.24, 2.45) is 5.73 Å². The monoisotopic (exact) mass is 220 g/mol. The Kier molecular flexibility index (Phi) is 2.96. The second kappa shape index (κ2) is 4.40. The third-order valence-corrected chi connectivity index (χ3v) is 2.54. The molecule has 1 aromatic heterocycles. The average Bonchev–Trinajstić information content (AvgIpc) is 2.76. The molecule has 2 rings (SSSR count). The number of hydrogen-bond donors (Lipinski definition) is 2. The summed E-state index contributed by atoms with van der Waals surface area (Å²) in [6.45, 7) is 1.93. The molecule has 84 valence electrons. The van der Waals surface area contributed by atoms with Gasteiger partial charge in [0.2, 0.25) is 0 Å². The van der Waals surface area contributed by atoms with E-state index in [0.717, 1.165) is 11.1 Å². The lowest BCUT2D eigenvalue weighted by molar-refractivity contribution is 0.617. The molecular formula is C11H13FN4. The van der Waals surface area contributed by atoms with Gasteiger partial charge in [0.1, 0.15) is 18.0 Å². The molecular weight excluding hydrogens is 207 g/mol.